The number of fused-ring (bicyclic) bond motifs is 16. The first kappa shape index (κ1) is 66.7. The number of hydrogen-bond acceptors (Lipinski definition) is 4. The van der Waals surface area contributed by atoms with E-state index in [2.05, 4.69) is 273 Å². The Labute approximate surface area is 694 Å². The van der Waals surface area contributed by atoms with Crippen LogP contribution in [0.15, 0.2) is 285 Å². The zero-order valence-corrected chi connectivity index (χ0v) is 68.7. The number of nitrogens with zero attached hydrogens (tertiary/aromatic N) is 4. The van der Waals surface area contributed by atoms with Gasteiger partial charge in [0.15, 0.2) is 24.8 Å². The number of rotatable bonds is 8. The van der Waals surface area contributed by atoms with Crippen LogP contribution in [0, 0.1) is 27.7 Å². The highest BCUT2D eigenvalue weighted by Crippen LogP contribution is 2.46. The molecule has 0 bridgehead atoms. The van der Waals surface area contributed by atoms with Crippen LogP contribution >= 0.6 is 0 Å². The normalized spacial score (nSPS) is 15.7. The Balaban J connectivity index is 0.000000108. The minimum Gasteiger partial charge on any atom is -0.455 e. The Bertz CT molecular complexity index is 7700. The first-order valence-electron chi connectivity index (χ1n) is 44.9. The fourth-order valence-electron chi connectivity index (χ4n) is 18.4. The first-order valence-corrected chi connectivity index (χ1v) is 41.4. The summed E-state index contributed by atoms with van der Waals surface area (Å²) in [6.45, 7) is 11.3. The third-order valence-electron chi connectivity index (χ3n) is 25.0. The molecule has 1 unspecified atom stereocenters. The summed E-state index contributed by atoms with van der Waals surface area (Å²) in [6, 6.07) is 84.5. The van der Waals surface area contributed by atoms with Gasteiger partial charge in [-0.2, -0.15) is 0 Å². The van der Waals surface area contributed by atoms with Crippen molar-refractivity contribution in [2.75, 3.05) is 0 Å². The number of aryl methyl sites for hydroxylation is 8. The highest BCUT2D eigenvalue weighted by molar-refractivity contribution is 6.17. The smallest absolute Gasteiger partial charge is 0.216 e. The molecule has 2 aliphatic carbocycles. The van der Waals surface area contributed by atoms with Gasteiger partial charge in [0.05, 0.1) is 22.3 Å². The van der Waals surface area contributed by atoms with Gasteiger partial charge in [-0.3, -0.25) is 0 Å². The molecular formula is C109H102N4O4+4. The maximum absolute atomic E-state index is 9.15. The highest BCUT2D eigenvalue weighted by atomic mass is 16.3. The fourth-order valence-corrected chi connectivity index (χ4v) is 18.4. The molecule has 1 atom stereocenters. The molecule has 0 amide bonds. The lowest BCUT2D eigenvalue weighted by atomic mass is 9.84. The van der Waals surface area contributed by atoms with Crippen LogP contribution in [0.4, 0.5) is 0 Å². The van der Waals surface area contributed by atoms with E-state index < -0.39 is 30.4 Å². The van der Waals surface area contributed by atoms with E-state index in [4.69, 9.17) is 27.3 Å². The number of pyridine rings is 4. The third kappa shape index (κ3) is 13.7. The second kappa shape index (κ2) is 30.6. The van der Waals surface area contributed by atoms with Crippen molar-refractivity contribution in [2.45, 2.75) is 137 Å². The Morgan fingerprint density at radius 1 is 0.299 bits per heavy atom. The van der Waals surface area contributed by atoms with Crippen molar-refractivity contribution >= 4 is 131 Å². The van der Waals surface area contributed by atoms with E-state index in [1.807, 2.05) is 76.1 Å². The number of hydrogen-bond donors (Lipinski definition) is 0. The molecule has 22 rings (SSSR count). The average Bonchev–Trinajstić information content (AvgIpc) is 1.61. The molecule has 117 heavy (non-hydrogen) atoms. The van der Waals surface area contributed by atoms with Gasteiger partial charge < -0.3 is 17.7 Å². The minimum absolute atomic E-state index is 0.448. The summed E-state index contributed by atoms with van der Waals surface area (Å²) in [5.41, 5.74) is 23.7. The van der Waals surface area contributed by atoms with Crippen LogP contribution in [0.5, 0.6) is 0 Å². The summed E-state index contributed by atoms with van der Waals surface area (Å²) in [7, 11) is 8.14. The predicted octanol–water partition coefficient (Wildman–Crippen LogP) is 28.1. The van der Waals surface area contributed by atoms with Crippen LogP contribution in [0.2, 0.25) is 0 Å². The van der Waals surface area contributed by atoms with Crippen molar-refractivity contribution < 1.29 is 45.5 Å². The Morgan fingerprint density at radius 2 is 0.556 bits per heavy atom. The second-order valence-corrected chi connectivity index (χ2v) is 33.0. The van der Waals surface area contributed by atoms with Gasteiger partial charge >= 0.3 is 0 Å². The maximum Gasteiger partial charge on any atom is 0.216 e. The summed E-state index contributed by atoms with van der Waals surface area (Å²) in [5, 5.41) is 18.4. The van der Waals surface area contributed by atoms with Crippen molar-refractivity contribution in [1.29, 1.82) is 0 Å². The molecule has 12 aromatic carbocycles. The highest BCUT2D eigenvalue weighted by Gasteiger charge is 2.29. The first-order chi connectivity index (χ1) is 59.5. The van der Waals surface area contributed by atoms with E-state index >= 15 is 0 Å². The van der Waals surface area contributed by atoms with E-state index in [1.54, 1.807) is 6.07 Å². The van der Waals surface area contributed by atoms with E-state index in [1.165, 1.54) is 56.8 Å². The minimum atomic E-state index is -2.44. The summed E-state index contributed by atoms with van der Waals surface area (Å²) in [6.07, 6.45) is 17.7. The van der Waals surface area contributed by atoms with E-state index in [-0.39, 0.29) is 0 Å². The van der Waals surface area contributed by atoms with Crippen molar-refractivity contribution in [3.63, 3.8) is 0 Å². The summed E-state index contributed by atoms with van der Waals surface area (Å²) >= 11 is 0. The molecule has 0 spiro atoms. The molecule has 0 radical (unpaired) electrons. The van der Waals surface area contributed by atoms with E-state index in [0.717, 1.165) is 223 Å². The lowest BCUT2D eigenvalue weighted by molar-refractivity contribution is -0.660. The molecule has 8 heterocycles. The van der Waals surface area contributed by atoms with Gasteiger partial charge in [0, 0.05) is 101 Å². The zero-order valence-electron chi connectivity index (χ0n) is 75.7. The lowest BCUT2D eigenvalue weighted by Gasteiger charge is -2.21. The third-order valence-corrected chi connectivity index (χ3v) is 25.0. The van der Waals surface area contributed by atoms with Crippen molar-refractivity contribution in [2.24, 2.45) is 28.2 Å². The SMILES string of the molecule is [2H]C(C)(C)c1cc[n+](C)c(-c2c(C)ccc3c2oc2cc4ccccc4cc23)c1.[2H]C([2H])([2H])C([2H])(C)c1cc[n+](C)c(-c2c(C)ccc3c2oc2cc4ccccc4cc23)c1.[2H]C1(c2cc[n+](C)c(-c3c(C)ccc4c3oc3cc5ccccc5cc34)c2)CCCC1.[2H]C1(c2cc[n+](C)c(-c3c(C)ccc4c3oc3cc5ccccc5cc34)c2)CCCCC1. The van der Waals surface area contributed by atoms with Crippen molar-refractivity contribution in [3.05, 3.63) is 312 Å². The van der Waals surface area contributed by atoms with Crippen LogP contribution in [-0.4, -0.2) is 0 Å². The molecule has 0 aliphatic heterocycles. The van der Waals surface area contributed by atoms with Gasteiger partial charge in [-0.1, -0.05) is 205 Å². The van der Waals surface area contributed by atoms with Gasteiger partial charge in [0.2, 0.25) is 22.8 Å². The molecule has 8 aromatic heterocycles. The Morgan fingerprint density at radius 3 is 0.838 bits per heavy atom. The number of furan rings is 4. The van der Waals surface area contributed by atoms with Gasteiger partial charge in [-0.05, 0) is 213 Å². The van der Waals surface area contributed by atoms with Crippen LogP contribution in [0.3, 0.4) is 0 Å². The van der Waals surface area contributed by atoms with Crippen molar-refractivity contribution in [1.82, 2.24) is 0 Å². The molecule has 8 heteroatoms. The average molecular weight is 1540 g/mol. The maximum atomic E-state index is 9.15. The Kier molecular flexibility index (Phi) is 17.4. The second-order valence-electron chi connectivity index (χ2n) is 33.0. The van der Waals surface area contributed by atoms with Crippen LogP contribution in [0.25, 0.3) is 176 Å². The number of benzene rings is 12. The van der Waals surface area contributed by atoms with Gasteiger partial charge in [-0.15, -0.1) is 0 Å². The van der Waals surface area contributed by atoms with Crippen LogP contribution < -0.4 is 18.3 Å². The summed E-state index contributed by atoms with van der Waals surface area (Å²) in [4.78, 5) is 0. The summed E-state index contributed by atoms with van der Waals surface area (Å²) in [5.74, 6) is -3.31. The lowest BCUT2D eigenvalue weighted by Crippen LogP contribution is -2.31. The van der Waals surface area contributed by atoms with Crippen molar-refractivity contribution in [3.8, 4) is 45.0 Å². The fraction of sp³-hybridized carbons (Fsp3) is 0.229. The van der Waals surface area contributed by atoms with Crippen LogP contribution in [0.1, 0.15) is 163 Å². The predicted molar refractivity (Wildman–Crippen MR) is 486 cm³/mol. The molecule has 2 saturated carbocycles. The summed E-state index contributed by atoms with van der Waals surface area (Å²) < 4.78 is 92.9. The quantitative estimate of drug-likeness (QED) is 0.142. The molecule has 2 fully saturated rings. The zero-order chi connectivity index (χ0) is 86.2. The molecular weight excluding hydrogens is 1430 g/mol. The van der Waals surface area contributed by atoms with Gasteiger partial charge in [0.1, 0.15) is 72.9 Å². The van der Waals surface area contributed by atoms with E-state index in [9.17, 15) is 0 Å². The monoisotopic (exact) mass is 1540 g/mol. The molecule has 20 aromatic rings. The largest absolute Gasteiger partial charge is 0.455 e. The number of aromatic nitrogens is 4. The molecule has 8 nitrogen and oxygen atoms in total. The standard InChI is InChI=1S/C29H28NO.C28H26NO.2C26H24NO/c1-19-12-13-24-25-16-21-10-6-7-11-22(21)18-27(25)31-29(24)28(19)26-17-23(14-15-30(26)2)20-8-4-3-5-9-20;1-18-11-12-23-24-15-20-9-5-6-10-21(20)17-26(24)30-28(23)27(18)25-16-22(13-14-29(25)2)19-7-3-4-8-19;2*1-16(2)18-11-12-27(4)23(14-18)25-17(3)9-10-21-22-13-19-7-5-6-8-20(19)15-24(22)28-26(21)25/h6-7,10-18,20H,3-5,8-9H2,1-2H3;5-6,9-17,19H,3-4,7-8H2,1-2H3;2*5-16H,1-4H3/q4*+1/i20D;19D;1D3,16D;16D. The van der Waals surface area contributed by atoms with Gasteiger partial charge in [-0.25, -0.2) is 18.3 Å². The topological polar surface area (TPSA) is 68.1 Å². The van der Waals surface area contributed by atoms with Gasteiger partial charge in [0.25, 0.3) is 0 Å². The molecule has 0 N–H and O–H groups in total. The van der Waals surface area contributed by atoms with Crippen LogP contribution in [-0.2, 0) is 28.2 Å². The van der Waals surface area contributed by atoms with E-state index in [0.29, 0.717) is 5.56 Å². The Hall–Kier alpha value is -12.5. The molecule has 2 aliphatic rings. The molecule has 578 valence electrons. The molecule has 0 saturated heterocycles.